The summed E-state index contributed by atoms with van der Waals surface area (Å²) in [4.78, 5) is 17.3. The van der Waals surface area contributed by atoms with Crippen LogP contribution in [-0.2, 0) is 21.1 Å². The number of benzene rings is 1. The lowest BCUT2D eigenvalue weighted by Gasteiger charge is -2.10. The van der Waals surface area contributed by atoms with Gasteiger partial charge in [-0.05, 0) is 30.9 Å². The molecule has 0 saturated heterocycles. The van der Waals surface area contributed by atoms with Crippen molar-refractivity contribution in [3.05, 3.63) is 45.4 Å². The average Bonchev–Trinajstić information content (AvgIpc) is 3.30. The molecule has 0 bridgehead atoms. The van der Waals surface area contributed by atoms with E-state index in [4.69, 9.17) is 11.6 Å². The van der Waals surface area contributed by atoms with Crippen molar-refractivity contribution in [3.63, 3.8) is 0 Å². The average molecular weight is 427 g/mol. The van der Waals surface area contributed by atoms with E-state index in [1.165, 1.54) is 11.3 Å². The SMILES string of the molecule is Cc1cccc(Cc2cnc(NC(=O)CCS(=O)(=O)C3CCCC3)s2)c1Cl. The van der Waals surface area contributed by atoms with Crippen LogP contribution in [0.3, 0.4) is 0 Å². The van der Waals surface area contributed by atoms with E-state index in [0.717, 1.165) is 46.7 Å². The van der Waals surface area contributed by atoms with Crippen molar-refractivity contribution in [1.82, 2.24) is 4.98 Å². The van der Waals surface area contributed by atoms with Gasteiger partial charge in [-0.3, -0.25) is 4.79 Å². The van der Waals surface area contributed by atoms with Crippen LogP contribution in [0.25, 0.3) is 0 Å². The second-order valence-electron chi connectivity index (χ2n) is 6.93. The fraction of sp³-hybridized carbons (Fsp3) is 0.474. The van der Waals surface area contributed by atoms with Crippen LogP contribution >= 0.6 is 22.9 Å². The molecule has 0 atom stereocenters. The summed E-state index contributed by atoms with van der Waals surface area (Å²) in [6.07, 6.45) is 5.70. The minimum Gasteiger partial charge on any atom is -0.302 e. The number of sulfone groups is 1. The number of nitrogens with one attached hydrogen (secondary N) is 1. The van der Waals surface area contributed by atoms with Gasteiger partial charge in [0.15, 0.2) is 15.0 Å². The molecule has 1 aromatic heterocycles. The number of amides is 1. The highest BCUT2D eigenvalue weighted by Crippen LogP contribution is 2.27. The molecule has 1 N–H and O–H groups in total. The van der Waals surface area contributed by atoms with Crippen LogP contribution < -0.4 is 5.32 Å². The first-order chi connectivity index (χ1) is 12.8. The van der Waals surface area contributed by atoms with Crippen LogP contribution in [0, 0.1) is 6.92 Å². The van der Waals surface area contributed by atoms with Crippen LogP contribution in [0.4, 0.5) is 5.13 Å². The van der Waals surface area contributed by atoms with Crippen molar-refractivity contribution in [2.75, 3.05) is 11.1 Å². The Bertz CT molecular complexity index is 919. The monoisotopic (exact) mass is 426 g/mol. The van der Waals surface area contributed by atoms with Gasteiger partial charge in [-0.2, -0.15) is 0 Å². The fourth-order valence-corrected chi connectivity index (χ4v) is 6.21. The predicted molar refractivity (Wildman–Crippen MR) is 110 cm³/mol. The lowest BCUT2D eigenvalue weighted by atomic mass is 10.1. The molecule has 1 fully saturated rings. The van der Waals surface area contributed by atoms with Gasteiger partial charge in [-0.15, -0.1) is 11.3 Å². The van der Waals surface area contributed by atoms with Gasteiger partial charge in [0.25, 0.3) is 0 Å². The normalized spacial score (nSPS) is 15.2. The zero-order valence-corrected chi connectivity index (χ0v) is 17.6. The number of carbonyl (C=O) groups is 1. The van der Waals surface area contributed by atoms with Gasteiger partial charge < -0.3 is 5.32 Å². The summed E-state index contributed by atoms with van der Waals surface area (Å²) < 4.78 is 24.5. The number of carbonyl (C=O) groups excluding carboxylic acids is 1. The topological polar surface area (TPSA) is 76.1 Å². The van der Waals surface area contributed by atoms with Crippen molar-refractivity contribution >= 4 is 43.8 Å². The van der Waals surface area contributed by atoms with E-state index in [9.17, 15) is 13.2 Å². The summed E-state index contributed by atoms with van der Waals surface area (Å²) in [5.41, 5.74) is 2.04. The molecule has 1 aromatic carbocycles. The Balaban J connectivity index is 1.54. The van der Waals surface area contributed by atoms with Gasteiger partial charge in [0.1, 0.15) is 0 Å². The molecule has 27 heavy (non-hydrogen) atoms. The molecule has 0 spiro atoms. The highest BCUT2D eigenvalue weighted by molar-refractivity contribution is 7.92. The molecule has 0 radical (unpaired) electrons. The molecule has 1 aliphatic rings. The first-order valence-corrected chi connectivity index (χ1v) is 12.0. The number of hydrogen-bond acceptors (Lipinski definition) is 5. The molecule has 1 amide bonds. The minimum atomic E-state index is -3.18. The number of aromatic nitrogens is 1. The van der Waals surface area contributed by atoms with E-state index in [0.29, 0.717) is 11.6 Å². The fourth-order valence-electron chi connectivity index (χ4n) is 3.31. The van der Waals surface area contributed by atoms with Crippen LogP contribution in [0.1, 0.15) is 48.1 Å². The molecule has 0 aliphatic heterocycles. The number of nitrogens with zero attached hydrogens (tertiary/aromatic N) is 1. The maximum atomic E-state index is 12.3. The van der Waals surface area contributed by atoms with E-state index in [2.05, 4.69) is 10.3 Å². The number of rotatable bonds is 7. The highest BCUT2D eigenvalue weighted by atomic mass is 35.5. The standard InChI is InChI=1S/C19H23ClN2O3S2/c1-13-5-4-6-14(18(13)20)11-15-12-21-19(26-15)22-17(23)9-10-27(24,25)16-7-2-3-8-16/h4-6,12,16H,2-3,7-11H2,1H3,(H,21,22,23). The Morgan fingerprint density at radius 2 is 2.07 bits per heavy atom. The second kappa shape index (κ2) is 8.71. The number of thiazole rings is 1. The molecule has 3 rings (SSSR count). The maximum absolute atomic E-state index is 12.3. The van der Waals surface area contributed by atoms with Crippen molar-refractivity contribution in [3.8, 4) is 0 Å². The zero-order valence-electron chi connectivity index (χ0n) is 15.2. The summed E-state index contributed by atoms with van der Waals surface area (Å²) in [5, 5.41) is 3.67. The van der Waals surface area contributed by atoms with Gasteiger partial charge in [0.05, 0.1) is 11.0 Å². The van der Waals surface area contributed by atoms with Gasteiger partial charge in [-0.1, -0.05) is 42.6 Å². The Labute approximate surface area is 169 Å². The maximum Gasteiger partial charge on any atom is 0.227 e. The number of hydrogen-bond donors (Lipinski definition) is 1. The van der Waals surface area contributed by atoms with Crippen LogP contribution in [0.15, 0.2) is 24.4 Å². The smallest absolute Gasteiger partial charge is 0.227 e. The quantitative estimate of drug-likeness (QED) is 0.712. The summed E-state index contributed by atoms with van der Waals surface area (Å²) in [7, 11) is -3.18. The van der Waals surface area contributed by atoms with Crippen molar-refractivity contribution in [2.24, 2.45) is 0 Å². The predicted octanol–water partition coefficient (Wildman–Crippen LogP) is 4.38. The third kappa shape index (κ3) is 5.30. The molecule has 5 nitrogen and oxygen atoms in total. The number of anilines is 1. The van der Waals surface area contributed by atoms with Crippen molar-refractivity contribution in [1.29, 1.82) is 0 Å². The molecular formula is C19H23ClN2O3S2. The third-order valence-electron chi connectivity index (χ3n) is 4.86. The molecule has 8 heteroatoms. The first-order valence-electron chi connectivity index (χ1n) is 9.05. The van der Waals surface area contributed by atoms with Gasteiger partial charge in [0.2, 0.25) is 5.91 Å². The van der Waals surface area contributed by atoms with Gasteiger partial charge in [-0.25, -0.2) is 13.4 Å². The van der Waals surface area contributed by atoms with Crippen molar-refractivity contribution < 1.29 is 13.2 Å². The summed E-state index contributed by atoms with van der Waals surface area (Å²) >= 11 is 7.71. The molecule has 1 heterocycles. The minimum absolute atomic E-state index is 0.0303. The molecule has 146 valence electrons. The lowest BCUT2D eigenvalue weighted by molar-refractivity contribution is -0.115. The zero-order chi connectivity index (χ0) is 19.4. The summed E-state index contributed by atoms with van der Waals surface area (Å²) in [6.45, 7) is 1.96. The molecular weight excluding hydrogens is 404 g/mol. The highest BCUT2D eigenvalue weighted by Gasteiger charge is 2.28. The number of aryl methyl sites for hydroxylation is 1. The van der Waals surface area contributed by atoms with E-state index in [1.807, 2.05) is 25.1 Å². The Morgan fingerprint density at radius 3 is 2.81 bits per heavy atom. The Morgan fingerprint density at radius 1 is 1.33 bits per heavy atom. The Kier molecular flexibility index (Phi) is 6.55. The first kappa shape index (κ1) is 20.3. The molecule has 0 unspecified atom stereocenters. The third-order valence-corrected chi connectivity index (χ3v) is 8.57. The van der Waals surface area contributed by atoms with E-state index in [-0.39, 0.29) is 23.3 Å². The van der Waals surface area contributed by atoms with Crippen LogP contribution in [0.5, 0.6) is 0 Å². The van der Waals surface area contributed by atoms with Crippen LogP contribution in [0.2, 0.25) is 5.02 Å². The number of halogens is 1. The summed E-state index contributed by atoms with van der Waals surface area (Å²) in [6, 6.07) is 5.90. The lowest BCUT2D eigenvalue weighted by Crippen LogP contribution is -2.24. The van der Waals surface area contributed by atoms with Gasteiger partial charge in [0, 0.05) is 28.9 Å². The second-order valence-corrected chi connectivity index (χ2v) is 10.8. The molecule has 1 aliphatic carbocycles. The van der Waals surface area contributed by atoms with E-state index >= 15 is 0 Å². The van der Waals surface area contributed by atoms with E-state index in [1.54, 1.807) is 6.20 Å². The van der Waals surface area contributed by atoms with E-state index < -0.39 is 9.84 Å². The van der Waals surface area contributed by atoms with Gasteiger partial charge >= 0.3 is 0 Å². The summed E-state index contributed by atoms with van der Waals surface area (Å²) in [5.74, 6) is -0.410. The molecule has 2 aromatic rings. The van der Waals surface area contributed by atoms with Crippen LogP contribution in [-0.4, -0.2) is 30.3 Å². The van der Waals surface area contributed by atoms with Crippen molar-refractivity contribution in [2.45, 2.75) is 50.7 Å². The molecule has 1 saturated carbocycles. The Hall–Kier alpha value is -1.44. The largest absolute Gasteiger partial charge is 0.302 e.